The van der Waals surface area contributed by atoms with Crippen LogP contribution in [-0.2, 0) is 9.59 Å². The summed E-state index contributed by atoms with van der Waals surface area (Å²) in [5.74, 6) is 0.183. The lowest BCUT2D eigenvalue weighted by Gasteiger charge is -2.35. The van der Waals surface area contributed by atoms with Crippen molar-refractivity contribution in [1.82, 2.24) is 15.5 Å². The summed E-state index contributed by atoms with van der Waals surface area (Å²) in [6.45, 7) is 8.72. The molecule has 0 radical (unpaired) electrons. The first-order valence-corrected chi connectivity index (χ1v) is 7.58. The standard InChI is InChI=1S/C15H29N3O2/c1-15(2,3)14(20)18-10-5-7-12(11-18)13(19)17-9-6-8-16-4/h12,16H,5-11H2,1-4H3,(H,17,19). The number of rotatable bonds is 5. The minimum Gasteiger partial charge on any atom is -0.356 e. The molecule has 1 rings (SSSR count). The monoisotopic (exact) mass is 283 g/mol. The minimum atomic E-state index is -0.370. The fourth-order valence-electron chi connectivity index (χ4n) is 2.47. The van der Waals surface area contributed by atoms with Crippen molar-refractivity contribution in [3.8, 4) is 0 Å². The van der Waals surface area contributed by atoms with E-state index in [0.717, 1.165) is 32.4 Å². The molecule has 0 aromatic heterocycles. The molecule has 116 valence electrons. The van der Waals surface area contributed by atoms with Crippen LogP contribution < -0.4 is 10.6 Å². The van der Waals surface area contributed by atoms with Gasteiger partial charge in [0.25, 0.3) is 0 Å². The molecule has 0 aromatic carbocycles. The number of piperidine rings is 1. The Kier molecular flexibility index (Phi) is 6.46. The second-order valence-corrected chi connectivity index (χ2v) is 6.59. The molecule has 1 atom stereocenters. The molecule has 0 saturated carbocycles. The maximum Gasteiger partial charge on any atom is 0.227 e. The average molecular weight is 283 g/mol. The van der Waals surface area contributed by atoms with Crippen LogP contribution in [0.2, 0.25) is 0 Å². The van der Waals surface area contributed by atoms with E-state index >= 15 is 0 Å². The van der Waals surface area contributed by atoms with Gasteiger partial charge in [-0.2, -0.15) is 0 Å². The molecule has 1 fully saturated rings. The van der Waals surface area contributed by atoms with Crippen LogP contribution in [-0.4, -0.2) is 49.9 Å². The fraction of sp³-hybridized carbons (Fsp3) is 0.867. The zero-order valence-corrected chi connectivity index (χ0v) is 13.3. The predicted molar refractivity (Wildman–Crippen MR) is 80.3 cm³/mol. The smallest absolute Gasteiger partial charge is 0.227 e. The zero-order valence-electron chi connectivity index (χ0n) is 13.3. The van der Waals surface area contributed by atoms with Crippen LogP contribution in [0.5, 0.6) is 0 Å². The van der Waals surface area contributed by atoms with Crippen molar-refractivity contribution in [3.05, 3.63) is 0 Å². The quantitative estimate of drug-likeness (QED) is 0.740. The predicted octanol–water partition coefficient (Wildman–Crippen LogP) is 0.997. The molecule has 0 spiro atoms. The number of carbonyl (C=O) groups excluding carboxylic acids is 2. The summed E-state index contributed by atoms with van der Waals surface area (Å²) in [5.41, 5.74) is -0.370. The van der Waals surface area contributed by atoms with Crippen molar-refractivity contribution < 1.29 is 9.59 Å². The van der Waals surface area contributed by atoms with Crippen molar-refractivity contribution in [2.75, 3.05) is 33.2 Å². The lowest BCUT2D eigenvalue weighted by molar-refractivity contribution is -0.142. The maximum absolute atomic E-state index is 12.3. The highest BCUT2D eigenvalue weighted by atomic mass is 16.2. The number of nitrogens with zero attached hydrogens (tertiary/aromatic N) is 1. The van der Waals surface area contributed by atoms with Crippen molar-refractivity contribution in [2.45, 2.75) is 40.0 Å². The van der Waals surface area contributed by atoms with Crippen LogP contribution in [0.25, 0.3) is 0 Å². The third kappa shape index (κ3) is 5.12. The molecular formula is C15H29N3O2. The van der Waals surface area contributed by atoms with E-state index in [0.29, 0.717) is 13.1 Å². The van der Waals surface area contributed by atoms with E-state index in [-0.39, 0.29) is 23.1 Å². The normalized spacial score (nSPS) is 19.8. The Morgan fingerprint density at radius 3 is 2.55 bits per heavy atom. The van der Waals surface area contributed by atoms with Gasteiger partial charge in [0, 0.05) is 25.0 Å². The molecule has 20 heavy (non-hydrogen) atoms. The Labute approximate surface area is 122 Å². The van der Waals surface area contributed by atoms with Crippen LogP contribution in [0.15, 0.2) is 0 Å². The summed E-state index contributed by atoms with van der Waals surface area (Å²) in [6.07, 6.45) is 2.72. The molecule has 1 saturated heterocycles. The third-order valence-corrected chi connectivity index (χ3v) is 3.62. The fourth-order valence-corrected chi connectivity index (χ4v) is 2.47. The minimum absolute atomic E-state index is 0.0513. The highest BCUT2D eigenvalue weighted by Gasteiger charge is 2.33. The van der Waals surface area contributed by atoms with Crippen molar-refractivity contribution in [2.24, 2.45) is 11.3 Å². The molecule has 5 heteroatoms. The van der Waals surface area contributed by atoms with E-state index in [2.05, 4.69) is 10.6 Å². The summed E-state index contributed by atoms with van der Waals surface area (Å²) in [5, 5.41) is 6.02. The zero-order chi connectivity index (χ0) is 15.2. The Morgan fingerprint density at radius 2 is 1.95 bits per heavy atom. The van der Waals surface area contributed by atoms with Crippen LogP contribution in [0.4, 0.5) is 0 Å². The van der Waals surface area contributed by atoms with Gasteiger partial charge in [0.05, 0.1) is 5.92 Å². The number of amides is 2. The Morgan fingerprint density at radius 1 is 1.25 bits per heavy atom. The van der Waals surface area contributed by atoms with Gasteiger partial charge < -0.3 is 15.5 Å². The molecular weight excluding hydrogens is 254 g/mol. The molecule has 2 N–H and O–H groups in total. The summed E-state index contributed by atoms with van der Waals surface area (Å²) < 4.78 is 0. The Bertz CT molecular complexity index is 337. The third-order valence-electron chi connectivity index (χ3n) is 3.62. The lowest BCUT2D eigenvalue weighted by Crippen LogP contribution is -2.48. The number of carbonyl (C=O) groups is 2. The second kappa shape index (κ2) is 7.62. The van der Waals surface area contributed by atoms with Gasteiger partial charge in [-0.25, -0.2) is 0 Å². The van der Waals surface area contributed by atoms with Gasteiger partial charge in [0.15, 0.2) is 0 Å². The van der Waals surface area contributed by atoms with Crippen molar-refractivity contribution in [3.63, 3.8) is 0 Å². The summed E-state index contributed by atoms with van der Waals surface area (Å²) in [7, 11) is 1.90. The van der Waals surface area contributed by atoms with E-state index in [4.69, 9.17) is 0 Å². The molecule has 1 unspecified atom stereocenters. The summed E-state index contributed by atoms with van der Waals surface area (Å²) >= 11 is 0. The summed E-state index contributed by atoms with van der Waals surface area (Å²) in [4.78, 5) is 26.2. The molecule has 2 amide bonds. The molecule has 1 aliphatic heterocycles. The van der Waals surface area contributed by atoms with Gasteiger partial charge in [-0.3, -0.25) is 9.59 Å². The van der Waals surface area contributed by atoms with Crippen LogP contribution in [0.1, 0.15) is 40.0 Å². The molecule has 1 heterocycles. The van der Waals surface area contributed by atoms with Gasteiger partial charge in [-0.15, -0.1) is 0 Å². The van der Waals surface area contributed by atoms with Crippen molar-refractivity contribution in [1.29, 1.82) is 0 Å². The topological polar surface area (TPSA) is 61.4 Å². The van der Waals surface area contributed by atoms with Gasteiger partial charge in [0.2, 0.25) is 11.8 Å². The molecule has 0 aromatic rings. The number of likely N-dealkylation sites (tertiary alicyclic amines) is 1. The van der Waals surface area contributed by atoms with E-state index in [1.807, 2.05) is 32.7 Å². The number of nitrogens with one attached hydrogen (secondary N) is 2. The average Bonchev–Trinajstić information content (AvgIpc) is 2.41. The van der Waals surface area contributed by atoms with Crippen molar-refractivity contribution >= 4 is 11.8 Å². The van der Waals surface area contributed by atoms with E-state index in [9.17, 15) is 9.59 Å². The number of hydrogen-bond acceptors (Lipinski definition) is 3. The molecule has 5 nitrogen and oxygen atoms in total. The molecule has 0 bridgehead atoms. The molecule has 0 aliphatic carbocycles. The summed E-state index contributed by atoms with van der Waals surface area (Å²) in [6, 6.07) is 0. The van der Waals surface area contributed by atoms with Crippen LogP contribution in [0.3, 0.4) is 0 Å². The van der Waals surface area contributed by atoms with Gasteiger partial charge in [-0.05, 0) is 32.9 Å². The second-order valence-electron chi connectivity index (χ2n) is 6.59. The SMILES string of the molecule is CNCCCNC(=O)C1CCCN(C(=O)C(C)(C)C)C1. The Balaban J connectivity index is 2.44. The first-order valence-electron chi connectivity index (χ1n) is 7.58. The number of hydrogen-bond donors (Lipinski definition) is 2. The van der Waals surface area contributed by atoms with Gasteiger partial charge in [0.1, 0.15) is 0 Å². The highest BCUT2D eigenvalue weighted by Crippen LogP contribution is 2.23. The largest absolute Gasteiger partial charge is 0.356 e. The Hall–Kier alpha value is -1.10. The van der Waals surface area contributed by atoms with E-state index in [1.54, 1.807) is 0 Å². The highest BCUT2D eigenvalue weighted by molar-refractivity contribution is 5.83. The molecule has 1 aliphatic rings. The first kappa shape index (κ1) is 17.0. The van der Waals surface area contributed by atoms with Crippen LogP contribution in [0, 0.1) is 11.3 Å². The van der Waals surface area contributed by atoms with Crippen LogP contribution >= 0.6 is 0 Å². The maximum atomic E-state index is 12.3. The van der Waals surface area contributed by atoms with E-state index < -0.39 is 0 Å². The first-order chi connectivity index (χ1) is 9.36. The van der Waals surface area contributed by atoms with Gasteiger partial charge in [-0.1, -0.05) is 20.8 Å². The lowest BCUT2D eigenvalue weighted by atomic mass is 9.91. The van der Waals surface area contributed by atoms with E-state index in [1.165, 1.54) is 0 Å². The van der Waals surface area contributed by atoms with Gasteiger partial charge >= 0.3 is 0 Å².